The molecule has 1 aromatic carbocycles. The van der Waals surface area contributed by atoms with Gasteiger partial charge >= 0.3 is 0 Å². The Morgan fingerprint density at radius 1 is 1.30 bits per heavy atom. The summed E-state index contributed by atoms with van der Waals surface area (Å²) in [6.45, 7) is 1.23. The number of hydrogen-bond acceptors (Lipinski definition) is 7. The Balaban J connectivity index is 1.88. The van der Waals surface area contributed by atoms with Crippen molar-refractivity contribution in [1.29, 1.82) is 0 Å². The highest BCUT2D eigenvalue weighted by Gasteiger charge is 2.17. The highest BCUT2D eigenvalue weighted by Crippen LogP contribution is 2.35. The van der Waals surface area contributed by atoms with Crippen LogP contribution in [0.5, 0.6) is 11.5 Å². The average molecular weight is 320 g/mol. The molecule has 7 nitrogen and oxygen atoms in total. The van der Waals surface area contributed by atoms with Gasteiger partial charge in [0.15, 0.2) is 23.1 Å². The number of hydrogen-bond donors (Lipinski definition) is 2. The summed E-state index contributed by atoms with van der Waals surface area (Å²) in [5.74, 6) is 1.12. The maximum atomic E-state index is 14.1. The smallest absolute Gasteiger partial charge is 0.224 e. The number of rotatable bonds is 5. The predicted octanol–water partition coefficient (Wildman–Crippen LogP) is 1.56. The predicted molar refractivity (Wildman–Crippen MR) is 83.1 cm³/mol. The summed E-state index contributed by atoms with van der Waals surface area (Å²) < 4.78 is 25.1. The number of halogens is 1. The molecule has 2 aromatic rings. The molecule has 0 amide bonds. The zero-order valence-corrected chi connectivity index (χ0v) is 12.6. The summed E-state index contributed by atoms with van der Waals surface area (Å²) in [4.78, 5) is 9.58. The van der Waals surface area contributed by atoms with Crippen molar-refractivity contribution in [2.24, 2.45) is 0 Å². The van der Waals surface area contributed by atoms with Gasteiger partial charge in [0.05, 0.1) is 12.8 Å². The summed E-state index contributed by atoms with van der Waals surface area (Å²) >= 11 is 0. The van der Waals surface area contributed by atoms with E-state index in [-0.39, 0.29) is 18.4 Å². The SMILES string of the molecule is CN(c1ccc2c(c1)OCCO2)c1nc(NCCO)ncc1F. The molecule has 8 heteroatoms. The van der Waals surface area contributed by atoms with E-state index in [1.165, 1.54) is 0 Å². The molecule has 2 N–H and O–H groups in total. The lowest BCUT2D eigenvalue weighted by atomic mass is 10.2. The number of nitrogens with zero attached hydrogens (tertiary/aromatic N) is 3. The number of nitrogens with one attached hydrogen (secondary N) is 1. The van der Waals surface area contributed by atoms with Gasteiger partial charge in [0, 0.05) is 25.3 Å². The van der Waals surface area contributed by atoms with Crippen LogP contribution >= 0.6 is 0 Å². The summed E-state index contributed by atoms with van der Waals surface area (Å²) in [6, 6.07) is 5.36. The second-order valence-corrected chi connectivity index (χ2v) is 4.90. The van der Waals surface area contributed by atoms with E-state index in [2.05, 4.69) is 15.3 Å². The number of aromatic nitrogens is 2. The molecule has 0 radical (unpaired) electrons. The third-order valence-electron chi connectivity index (χ3n) is 3.35. The standard InChI is InChI=1S/C15H17FN4O3/c1-20(10-2-3-12-13(8-10)23-7-6-22-12)14-11(16)9-18-15(19-14)17-4-5-21/h2-3,8-9,21H,4-7H2,1H3,(H,17,18,19). The third-order valence-corrected chi connectivity index (χ3v) is 3.35. The van der Waals surface area contributed by atoms with Crippen LogP contribution in [0.25, 0.3) is 0 Å². The van der Waals surface area contributed by atoms with Gasteiger partial charge in [-0.1, -0.05) is 0 Å². The van der Waals surface area contributed by atoms with Crippen LogP contribution < -0.4 is 19.7 Å². The summed E-state index contributed by atoms with van der Waals surface area (Å²) in [5, 5.41) is 11.6. The highest BCUT2D eigenvalue weighted by atomic mass is 19.1. The average Bonchev–Trinajstić information content (AvgIpc) is 2.60. The van der Waals surface area contributed by atoms with Crippen molar-refractivity contribution in [2.75, 3.05) is 43.6 Å². The molecule has 0 saturated heterocycles. The third kappa shape index (κ3) is 3.26. The molecule has 3 rings (SSSR count). The minimum atomic E-state index is -0.545. The summed E-state index contributed by atoms with van der Waals surface area (Å²) in [6.07, 6.45) is 1.09. The fourth-order valence-electron chi connectivity index (χ4n) is 2.21. The Labute approximate surface area is 132 Å². The van der Waals surface area contributed by atoms with Crippen molar-refractivity contribution in [3.63, 3.8) is 0 Å². The van der Waals surface area contributed by atoms with Crippen molar-refractivity contribution in [2.45, 2.75) is 0 Å². The van der Waals surface area contributed by atoms with E-state index in [4.69, 9.17) is 14.6 Å². The second-order valence-electron chi connectivity index (χ2n) is 4.90. The van der Waals surface area contributed by atoms with Gasteiger partial charge in [-0.3, -0.25) is 0 Å². The summed E-state index contributed by atoms with van der Waals surface area (Å²) in [5.41, 5.74) is 0.708. The Morgan fingerprint density at radius 3 is 2.87 bits per heavy atom. The molecule has 1 aliphatic heterocycles. The first-order chi connectivity index (χ1) is 11.2. The largest absolute Gasteiger partial charge is 0.486 e. The number of fused-ring (bicyclic) bond motifs is 1. The zero-order valence-electron chi connectivity index (χ0n) is 12.6. The van der Waals surface area contributed by atoms with Crippen molar-refractivity contribution in [3.05, 3.63) is 30.2 Å². The first-order valence-corrected chi connectivity index (χ1v) is 7.19. The summed E-state index contributed by atoms with van der Waals surface area (Å²) in [7, 11) is 1.70. The topological polar surface area (TPSA) is 79.7 Å². The molecular formula is C15H17FN4O3. The van der Waals surface area contributed by atoms with Crippen LogP contribution in [0, 0.1) is 5.82 Å². The Kier molecular flexibility index (Phi) is 4.42. The van der Waals surface area contributed by atoms with Crippen molar-refractivity contribution in [1.82, 2.24) is 9.97 Å². The lowest BCUT2D eigenvalue weighted by molar-refractivity contribution is 0.171. The van der Waals surface area contributed by atoms with E-state index in [1.54, 1.807) is 30.1 Å². The maximum absolute atomic E-state index is 14.1. The fourth-order valence-corrected chi connectivity index (χ4v) is 2.21. The van der Waals surface area contributed by atoms with Gasteiger partial charge in [-0.25, -0.2) is 9.37 Å². The molecule has 23 heavy (non-hydrogen) atoms. The normalized spacial score (nSPS) is 12.8. The Morgan fingerprint density at radius 2 is 2.09 bits per heavy atom. The second kappa shape index (κ2) is 6.66. The number of aliphatic hydroxyl groups excluding tert-OH is 1. The molecule has 0 fully saturated rings. The zero-order chi connectivity index (χ0) is 16.2. The highest BCUT2D eigenvalue weighted by molar-refractivity contribution is 5.64. The van der Waals surface area contributed by atoms with Gasteiger partial charge in [-0.15, -0.1) is 0 Å². The van der Waals surface area contributed by atoms with Gasteiger partial charge in [0.25, 0.3) is 0 Å². The number of ether oxygens (including phenoxy) is 2. The van der Waals surface area contributed by atoms with Gasteiger partial charge < -0.3 is 24.8 Å². The van der Waals surface area contributed by atoms with E-state index in [9.17, 15) is 4.39 Å². The number of aliphatic hydroxyl groups is 1. The lowest BCUT2D eigenvalue weighted by Gasteiger charge is -2.23. The van der Waals surface area contributed by atoms with Gasteiger partial charge in [-0.05, 0) is 12.1 Å². The molecule has 0 unspecified atom stereocenters. The molecule has 0 saturated carbocycles. The van der Waals surface area contributed by atoms with E-state index in [0.29, 0.717) is 36.9 Å². The van der Waals surface area contributed by atoms with Crippen LogP contribution in [0.4, 0.5) is 21.8 Å². The van der Waals surface area contributed by atoms with Crippen molar-refractivity contribution >= 4 is 17.5 Å². The molecule has 1 aromatic heterocycles. The van der Waals surface area contributed by atoms with Crippen LogP contribution in [0.15, 0.2) is 24.4 Å². The van der Waals surface area contributed by atoms with Crippen molar-refractivity contribution in [3.8, 4) is 11.5 Å². The first-order valence-electron chi connectivity index (χ1n) is 7.19. The maximum Gasteiger partial charge on any atom is 0.224 e. The molecule has 2 heterocycles. The number of benzene rings is 1. The lowest BCUT2D eigenvalue weighted by Crippen LogP contribution is -2.18. The molecule has 0 bridgehead atoms. The number of anilines is 3. The minimum Gasteiger partial charge on any atom is -0.486 e. The van der Waals surface area contributed by atoms with Crippen LogP contribution in [0.1, 0.15) is 0 Å². The molecule has 1 aliphatic rings. The fraction of sp³-hybridized carbons (Fsp3) is 0.333. The molecule has 0 spiro atoms. The van der Waals surface area contributed by atoms with Crippen LogP contribution in [-0.2, 0) is 0 Å². The van der Waals surface area contributed by atoms with E-state index in [0.717, 1.165) is 6.20 Å². The van der Waals surface area contributed by atoms with Gasteiger partial charge in [0.1, 0.15) is 13.2 Å². The minimum absolute atomic E-state index is 0.0614. The molecular weight excluding hydrogens is 303 g/mol. The Bertz CT molecular complexity index is 698. The molecule has 122 valence electrons. The Hall–Kier alpha value is -2.61. The van der Waals surface area contributed by atoms with Gasteiger partial charge in [-0.2, -0.15) is 4.98 Å². The van der Waals surface area contributed by atoms with Crippen LogP contribution in [-0.4, -0.2) is 48.5 Å². The van der Waals surface area contributed by atoms with Crippen LogP contribution in [0.3, 0.4) is 0 Å². The van der Waals surface area contributed by atoms with E-state index >= 15 is 0 Å². The van der Waals surface area contributed by atoms with E-state index < -0.39 is 5.82 Å². The first kappa shape index (κ1) is 15.3. The quantitative estimate of drug-likeness (QED) is 0.865. The van der Waals surface area contributed by atoms with Crippen molar-refractivity contribution < 1.29 is 19.0 Å². The van der Waals surface area contributed by atoms with Crippen LogP contribution in [0.2, 0.25) is 0 Å². The molecule has 0 atom stereocenters. The molecule has 0 aliphatic carbocycles. The van der Waals surface area contributed by atoms with Gasteiger partial charge in [0.2, 0.25) is 5.95 Å². The van der Waals surface area contributed by atoms with E-state index in [1.807, 2.05) is 0 Å². The monoisotopic (exact) mass is 320 g/mol.